The van der Waals surface area contributed by atoms with Crippen LogP contribution in [0.25, 0.3) is 0 Å². The van der Waals surface area contributed by atoms with Gasteiger partial charge in [0.15, 0.2) is 6.10 Å². The zero-order valence-corrected chi connectivity index (χ0v) is 60.1. The van der Waals surface area contributed by atoms with E-state index in [4.69, 9.17) is 24.3 Å². The molecule has 0 bridgehead atoms. The Bertz CT molecular complexity index is 2180. The molecule has 3 N–H and O–H groups in total. The third-order valence-electron chi connectivity index (χ3n) is 15.3. The second-order valence-electron chi connectivity index (χ2n) is 24.0. The molecule has 526 valence electrons. The minimum Gasteiger partial charge on any atom is -0.462 e. The normalized spacial score (nSPS) is 14.0. The fourth-order valence-corrected chi connectivity index (χ4v) is 10.6. The van der Waals surface area contributed by atoms with E-state index >= 15 is 0 Å². The van der Waals surface area contributed by atoms with Gasteiger partial charge in [-0.15, -0.1) is 0 Å². The van der Waals surface area contributed by atoms with E-state index in [1.54, 1.807) is 0 Å². The van der Waals surface area contributed by atoms with E-state index in [2.05, 4.69) is 196 Å². The summed E-state index contributed by atoms with van der Waals surface area (Å²) in [5, 5.41) is 0. The third-order valence-corrected chi connectivity index (χ3v) is 16.3. The third kappa shape index (κ3) is 76.0. The first-order chi connectivity index (χ1) is 45.8. The lowest BCUT2D eigenvalue weighted by Crippen LogP contribution is -2.29. The highest BCUT2D eigenvalue weighted by Gasteiger charge is 2.26. The van der Waals surface area contributed by atoms with Crippen molar-refractivity contribution in [3.05, 3.63) is 182 Å². The molecule has 0 aromatic carbocycles. The van der Waals surface area contributed by atoms with Crippen molar-refractivity contribution in [3.63, 3.8) is 0 Å². The molecular weight excluding hydrogens is 1170 g/mol. The number of esters is 2. The van der Waals surface area contributed by atoms with Gasteiger partial charge in [0.05, 0.1) is 13.2 Å². The standard InChI is InChI=1S/C83H136NO8P/c1-3-5-7-9-11-13-15-17-19-21-23-25-27-29-31-33-35-37-39-40-42-43-45-47-49-51-53-55-57-59-61-63-65-67-69-71-73-75-82(85)89-79-81(80-91-93(87,88)90-78-77-84)92-83(86)76-74-72-70-68-66-64-62-60-58-56-54-52-50-48-46-44-41-38-36-34-32-30-28-26-24-22-20-18-16-14-12-10-8-6-4-2/h5-8,11-14,17-20,23-26,29-32,36,38,44,46,50,52,56,58,62,64,81H,3-4,9-10,15-16,21-22,27-28,33-35,37,39-43,45,47-49,51,53-55,57,59-61,63,65-80,84H2,1-2H3,(H,87,88)/b7-5-,8-6-,13-11-,14-12-,19-17-,20-18-,25-23-,26-24-,31-29-,32-30-,38-36-,46-44-,52-50-,58-56-,64-62-. The van der Waals surface area contributed by atoms with Crippen LogP contribution >= 0.6 is 7.82 Å². The zero-order valence-electron chi connectivity index (χ0n) is 59.2. The Morgan fingerprint density at radius 1 is 0.323 bits per heavy atom. The maximum atomic E-state index is 12.8. The highest BCUT2D eigenvalue weighted by atomic mass is 31.2. The van der Waals surface area contributed by atoms with Crippen LogP contribution in [0.4, 0.5) is 0 Å². The SMILES string of the molecule is CC/C=C\C/C=C\C/C=C\C/C=C\C/C=C\C/C=C\C/C=C\C/C=C\C/C=C\C/C=C\CCCCCCC(=O)OC(COC(=O)CCCCCCCCCCCCCCCCCCCCCCC/C=C\C/C=C\C/C=C\C/C=C\C/C=C\CC)COP(=O)(O)OCCN. The summed E-state index contributed by atoms with van der Waals surface area (Å²) in [4.78, 5) is 35.4. The van der Waals surface area contributed by atoms with E-state index in [0.29, 0.717) is 6.42 Å². The molecule has 2 unspecified atom stereocenters. The van der Waals surface area contributed by atoms with Crippen LogP contribution in [0.3, 0.4) is 0 Å². The zero-order chi connectivity index (χ0) is 67.2. The van der Waals surface area contributed by atoms with Crippen LogP contribution in [0.5, 0.6) is 0 Å². The molecule has 0 amide bonds. The molecule has 0 spiro atoms. The fraction of sp³-hybridized carbons (Fsp3) is 0.614. The molecule has 0 radical (unpaired) electrons. The molecule has 9 nitrogen and oxygen atoms in total. The molecule has 10 heteroatoms. The Morgan fingerprint density at radius 3 is 0.828 bits per heavy atom. The van der Waals surface area contributed by atoms with Crippen LogP contribution in [0, 0.1) is 0 Å². The molecule has 93 heavy (non-hydrogen) atoms. The summed E-state index contributed by atoms with van der Waals surface area (Å²) in [7, 11) is -4.41. The van der Waals surface area contributed by atoms with E-state index in [1.165, 1.54) is 122 Å². The van der Waals surface area contributed by atoms with Gasteiger partial charge in [0, 0.05) is 19.4 Å². The highest BCUT2D eigenvalue weighted by Crippen LogP contribution is 2.43. The van der Waals surface area contributed by atoms with Gasteiger partial charge in [-0.25, -0.2) is 4.57 Å². The van der Waals surface area contributed by atoms with Gasteiger partial charge in [-0.2, -0.15) is 0 Å². The molecule has 0 saturated heterocycles. The molecule has 2 atom stereocenters. The number of ether oxygens (including phenoxy) is 2. The molecule has 0 aliphatic heterocycles. The Hall–Kier alpha value is -4.89. The number of phosphoric ester groups is 1. The molecule has 0 aromatic heterocycles. The maximum Gasteiger partial charge on any atom is 0.472 e. The molecule has 0 fully saturated rings. The van der Waals surface area contributed by atoms with Gasteiger partial charge in [-0.1, -0.05) is 331 Å². The van der Waals surface area contributed by atoms with Crippen LogP contribution in [0.2, 0.25) is 0 Å². The summed E-state index contributed by atoms with van der Waals surface area (Å²) in [6.07, 6.45) is 114. The van der Waals surface area contributed by atoms with Crippen molar-refractivity contribution in [2.75, 3.05) is 26.4 Å². The molecular formula is C83H136NO8P. The van der Waals surface area contributed by atoms with Crippen molar-refractivity contribution in [1.29, 1.82) is 0 Å². The lowest BCUT2D eigenvalue weighted by molar-refractivity contribution is -0.161. The predicted octanol–water partition coefficient (Wildman–Crippen LogP) is 25.1. The Morgan fingerprint density at radius 2 is 0.559 bits per heavy atom. The minimum atomic E-state index is -4.41. The summed E-state index contributed by atoms with van der Waals surface area (Å²) in [6, 6.07) is 0. The number of carbonyl (C=O) groups is 2. The summed E-state index contributed by atoms with van der Waals surface area (Å²) in [6.45, 7) is 3.49. The van der Waals surface area contributed by atoms with Gasteiger partial charge >= 0.3 is 19.8 Å². The van der Waals surface area contributed by atoms with Crippen LogP contribution in [-0.2, 0) is 32.7 Å². The summed E-state index contributed by atoms with van der Waals surface area (Å²) >= 11 is 0. The quantitative estimate of drug-likeness (QED) is 0.0264. The average molecular weight is 1310 g/mol. The van der Waals surface area contributed by atoms with Gasteiger partial charge in [-0.05, 0) is 135 Å². The van der Waals surface area contributed by atoms with E-state index in [-0.39, 0.29) is 32.6 Å². The lowest BCUT2D eigenvalue weighted by atomic mass is 10.0. The lowest BCUT2D eigenvalue weighted by Gasteiger charge is -2.19. The second-order valence-corrected chi connectivity index (χ2v) is 25.5. The maximum absolute atomic E-state index is 12.8. The van der Waals surface area contributed by atoms with Gasteiger partial charge < -0.3 is 20.1 Å². The predicted molar refractivity (Wildman–Crippen MR) is 403 cm³/mol. The van der Waals surface area contributed by atoms with Crippen molar-refractivity contribution in [2.24, 2.45) is 5.73 Å². The fourth-order valence-electron chi connectivity index (χ4n) is 9.87. The number of carbonyl (C=O) groups excluding carboxylic acids is 2. The molecule has 0 aliphatic carbocycles. The van der Waals surface area contributed by atoms with Gasteiger partial charge in [-0.3, -0.25) is 18.6 Å². The van der Waals surface area contributed by atoms with Crippen LogP contribution in [0.15, 0.2) is 182 Å². The summed E-state index contributed by atoms with van der Waals surface area (Å²) < 4.78 is 33.2. The first-order valence-corrected chi connectivity index (χ1v) is 38.8. The van der Waals surface area contributed by atoms with E-state index < -0.39 is 32.5 Å². The Balaban J connectivity index is 3.94. The van der Waals surface area contributed by atoms with Crippen molar-refractivity contribution in [1.82, 2.24) is 0 Å². The van der Waals surface area contributed by atoms with Crippen molar-refractivity contribution in [2.45, 2.75) is 302 Å². The number of hydrogen-bond donors (Lipinski definition) is 2. The molecule has 0 saturated carbocycles. The average Bonchev–Trinajstić information content (AvgIpc) is 3.70. The van der Waals surface area contributed by atoms with Gasteiger partial charge in [0.2, 0.25) is 0 Å². The number of hydrogen-bond acceptors (Lipinski definition) is 8. The monoisotopic (exact) mass is 1310 g/mol. The summed E-state index contributed by atoms with van der Waals surface area (Å²) in [5.74, 6) is -0.860. The number of rotatable bonds is 68. The second kappa shape index (κ2) is 76.1. The number of phosphoric acid groups is 1. The Kier molecular flexibility index (Phi) is 72.1. The van der Waals surface area contributed by atoms with E-state index in [9.17, 15) is 19.0 Å². The van der Waals surface area contributed by atoms with Gasteiger partial charge in [0.25, 0.3) is 0 Å². The van der Waals surface area contributed by atoms with Crippen LogP contribution < -0.4 is 5.73 Å². The van der Waals surface area contributed by atoms with E-state index in [1.807, 2.05) is 0 Å². The van der Waals surface area contributed by atoms with Crippen LogP contribution in [0.1, 0.15) is 296 Å². The topological polar surface area (TPSA) is 134 Å². The molecule has 0 aliphatic rings. The van der Waals surface area contributed by atoms with Crippen molar-refractivity contribution >= 4 is 19.8 Å². The first-order valence-electron chi connectivity index (χ1n) is 37.3. The minimum absolute atomic E-state index is 0.0411. The highest BCUT2D eigenvalue weighted by molar-refractivity contribution is 7.47. The van der Waals surface area contributed by atoms with Crippen molar-refractivity contribution in [3.8, 4) is 0 Å². The Labute approximate surface area is 571 Å². The largest absolute Gasteiger partial charge is 0.472 e. The van der Waals surface area contributed by atoms with E-state index in [0.717, 1.165) is 141 Å². The van der Waals surface area contributed by atoms with Crippen molar-refractivity contribution < 1.29 is 37.6 Å². The number of allylic oxidation sites excluding steroid dienone is 30. The summed E-state index contributed by atoms with van der Waals surface area (Å²) in [5.41, 5.74) is 5.40. The molecule has 0 heterocycles. The van der Waals surface area contributed by atoms with Crippen LogP contribution in [-0.4, -0.2) is 49.3 Å². The van der Waals surface area contributed by atoms with Gasteiger partial charge in [0.1, 0.15) is 6.61 Å². The number of nitrogens with two attached hydrogens (primary N) is 1. The molecule has 0 aromatic rings. The first kappa shape index (κ1) is 88.1. The number of unbranched alkanes of at least 4 members (excludes halogenated alkanes) is 25. The molecule has 0 rings (SSSR count). The smallest absolute Gasteiger partial charge is 0.462 e.